The molecule has 1 aliphatic heterocycles. The highest BCUT2D eigenvalue weighted by Crippen LogP contribution is 2.40. The second-order valence-corrected chi connectivity index (χ2v) is 20.6. The van der Waals surface area contributed by atoms with Gasteiger partial charge < -0.3 is 68.7 Å². The summed E-state index contributed by atoms with van der Waals surface area (Å²) in [4.78, 5) is 44.7. The van der Waals surface area contributed by atoms with E-state index in [2.05, 4.69) is 54.8 Å². The summed E-state index contributed by atoms with van der Waals surface area (Å²) in [7, 11) is 3.64. The number of aryl methyl sites for hydroxylation is 1. The predicted molar refractivity (Wildman–Crippen MR) is 305 cm³/mol. The van der Waals surface area contributed by atoms with E-state index in [4.69, 9.17) is 23.7 Å². The standard InChI is InChI=1S/C58H64F5N9O9S/c1-5-82(76)69-40-13-16-51(81-52-15-12-38(59)31-46(52)60)42(32-40)45-35-71(3)57(75)54-43(45)34-49(68-54)56(74)66-21-25-79-27-29-80-28-26-78-24-20-65-55(73)37-11-14-48(53(30-37)77-4)64-19-7-8-41-33-44-47(67-39-17-22-70(2)23-18-39)9-6-10-50(44)72(41)36-58(61,62)63/h6,9-16,30-35,39,64,67-69H,5,17-29,36H2,1-4H3,(H,65,73)(H,66,74). The van der Waals surface area contributed by atoms with E-state index in [0.29, 0.717) is 61.9 Å². The first kappa shape index (κ1) is 60.2. The number of amides is 2. The molecule has 1 saturated heterocycles. The van der Waals surface area contributed by atoms with Crippen LogP contribution in [0.1, 0.15) is 46.3 Å². The number of pyridine rings is 1. The van der Waals surface area contributed by atoms with E-state index in [1.165, 1.54) is 41.6 Å². The molecule has 1 aliphatic rings. The number of methoxy groups -OCH3 is 1. The minimum Gasteiger partial charge on any atom is -0.495 e. The zero-order chi connectivity index (χ0) is 58.3. The largest absolute Gasteiger partial charge is 0.495 e. The van der Waals surface area contributed by atoms with Crippen molar-refractivity contribution in [3.05, 3.63) is 130 Å². The van der Waals surface area contributed by atoms with Crippen molar-refractivity contribution in [2.75, 3.05) is 108 Å². The fourth-order valence-corrected chi connectivity index (χ4v) is 9.68. The Balaban J connectivity index is 0.738. The number of alkyl halides is 3. The second-order valence-electron chi connectivity index (χ2n) is 19.2. The van der Waals surface area contributed by atoms with Crippen LogP contribution in [0.3, 0.4) is 0 Å². The summed E-state index contributed by atoms with van der Waals surface area (Å²) in [6, 6.07) is 21.2. The summed E-state index contributed by atoms with van der Waals surface area (Å²) >= 11 is 0. The number of anilines is 3. The van der Waals surface area contributed by atoms with Gasteiger partial charge in [-0.05, 0) is 112 Å². The molecule has 1 atom stereocenters. The first-order valence-corrected chi connectivity index (χ1v) is 27.8. The van der Waals surface area contributed by atoms with Gasteiger partial charge in [0, 0.05) is 83.0 Å². The lowest BCUT2D eigenvalue weighted by Gasteiger charge is -2.30. The molecule has 2 amide bonds. The van der Waals surface area contributed by atoms with Crippen molar-refractivity contribution in [2.45, 2.75) is 38.5 Å². The molecule has 18 nitrogen and oxygen atoms in total. The minimum absolute atomic E-state index is 0.0839. The summed E-state index contributed by atoms with van der Waals surface area (Å²) < 4.78 is 116. The fraction of sp³-hybridized carbons (Fsp3) is 0.362. The third kappa shape index (κ3) is 15.9. The molecule has 82 heavy (non-hydrogen) atoms. The third-order valence-electron chi connectivity index (χ3n) is 13.3. The monoisotopic (exact) mass is 1160 g/mol. The van der Waals surface area contributed by atoms with Gasteiger partial charge in [0.05, 0.1) is 70.2 Å². The predicted octanol–water partition coefficient (Wildman–Crippen LogP) is 8.40. The number of carbonyl (C=O) groups is 2. The zero-order valence-electron chi connectivity index (χ0n) is 45.7. The number of hydrogen-bond acceptors (Lipinski definition) is 12. The van der Waals surface area contributed by atoms with E-state index in [1.807, 2.05) is 6.07 Å². The summed E-state index contributed by atoms with van der Waals surface area (Å²) in [6.07, 6.45) is -1.05. The minimum atomic E-state index is -4.46. The Morgan fingerprint density at radius 1 is 0.793 bits per heavy atom. The Labute approximate surface area is 472 Å². The number of halogens is 5. The molecule has 0 spiro atoms. The average Bonchev–Trinajstić information content (AvgIpc) is 3.07. The quantitative estimate of drug-likeness (QED) is 0.0172. The van der Waals surface area contributed by atoms with E-state index in [1.54, 1.807) is 55.5 Å². The van der Waals surface area contributed by atoms with Gasteiger partial charge in [-0.1, -0.05) is 18.9 Å². The number of rotatable bonds is 26. The maximum Gasteiger partial charge on any atom is 0.406 e. The molecule has 3 aromatic heterocycles. The number of aromatic amines is 1. The van der Waals surface area contributed by atoms with E-state index in [-0.39, 0.29) is 99.6 Å². The summed E-state index contributed by atoms with van der Waals surface area (Å²) in [5.41, 5.74) is 3.34. The average molecular weight is 1160 g/mol. The lowest BCUT2D eigenvalue weighted by atomic mass is 10.0. The van der Waals surface area contributed by atoms with Crippen LogP contribution in [0.15, 0.2) is 95.9 Å². The van der Waals surface area contributed by atoms with Crippen LogP contribution in [0.4, 0.5) is 39.0 Å². The number of piperidine rings is 1. The maximum atomic E-state index is 14.7. The Bertz CT molecular complexity index is 3530. The molecule has 1 fully saturated rings. The number of fused-ring (bicyclic) bond motifs is 2. The maximum absolute atomic E-state index is 14.7. The fourth-order valence-electron chi connectivity index (χ4n) is 9.15. The molecule has 0 bridgehead atoms. The second kappa shape index (κ2) is 28.2. The lowest BCUT2D eigenvalue weighted by molar-refractivity contribution is -0.140. The van der Waals surface area contributed by atoms with Gasteiger partial charge in [-0.2, -0.15) is 13.2 Å². The van der Waals surface area contributed by atoms with E-state index in [9.17, 15) is 40.5 Å². The smallest absolute Gasteiger partial charge is 0.406 e. The van der Waals surface area contributed by atoms with E-state index >= 15 is 0 Å². The molecule has 0 saturated carbocycles. The Morgan fingerprint density at radius 3 is 2.20 bits per heavy atom. The molecule has 8 rings (SSSR count). The molecular weight excluding hydrogens is 1090 g/mol. The number of nitrogens with zero attached hydrogens (tertiary/aromatic N) is 3. The van der Waals surface area contributed by atoms with Crippen molar-refractivity contribution in [2.24, 2.45) is 7.05 Å². The first-order valence-electron chi connectivity index (χ1n) is 26.5. The summed E-state index contributed by atoms with van der Waals surface area (Å²) in [5.74, 6) is 3.87. The number of H-pyrrole nitrogens is 1. The molecule has 4 heterocycles. The van der Waals surface area contributed by atoms with Gasteiger partial charge in [-0.3, -0.25) is 14.4 Å². The normalized spacial score (nSPS) is 13.4. The number of benzene rings is 4. The Hall–Kier alpha value is -7.95. The van der Waals surface area contributed by atoms with Crippen LogP contribution in [0.2, 0.25) is 0 Å². The van der Waals surface area contributed by atoms with Gasteiger partial charge in [-0.25, -0.2) is 13.0 Å². The van der Waals surface area contributed by atoms with Crippen LogP contribution >= 0.6 is 0 Å². The highest BCUT2D eigenvalue weighted by atomic mass is 32.2. The summed E-state index contributed by atoms with van der Waals surface area (Å²) in [5, 5.41) is 13.3. The Kier molecular flexibility index (Phi) is 20.7. The van der Waals surface area contributed by atoms with Crippen LogP contribution in [0.25, 0.3) is 32.9 Å². The van der Waals surface area contributed by atoms with Crippen LogP contribution < -0.4 is 41.0 Å². The lowest BCUT2D eigenvalue weighted by Crippen LogP contribution is -2.36. The number of aromatic nitrogens is 3. The van der Waals surface area contributed by atoms with E-state index in [0.717, 1.165) is 43.8 Å². The van der Waals surface area contributed by atoms with Gasteiger partial charge in [0.1, 0.15) is 46.1 Å². The molecule has 0 radical (unpaired) electrons. The molecule has 6 N–H and O–H groups in total. The van der Waals surface area contributed by atoms with Crippen LogP contribution in [-0.4, -0.2) is 140 Å². The van der Waals surface area contributed by atoms with Crippen LogP contribution in [0.5, 0.6) is 17.2 Å². The van der Waals surface area contributed by atoms with Gasteiger partial charge in [0.15, 0.2) is 11.6 Å². The molecule has 436 valence electrons. The van der Waals surface area contributed by atoms with Gasteiger partial charge in [-0.15, -0.1) is 0 Å². The van der Waals surface area contributed by atoms with Crippen molar-refractivity contribution in [1.29, 1.82) is 0 Å². The van der Waals surface area contributed by atoms with Crippen molar-refractivity contribution in [1.82, 2.24) is 29.7 Å². The number of likely N-dealkylation sites (tertiary alicyclic amines) is 1. The van der Waals surface area contributed by atoms with Crippen LogP contribution in [0, 0.1) is 23.5 Å². The summed E-state index contributed by atoms with van der Waals surface area (Å²) in [6.45, 7) is 4.23. The Morgan fingerprint density at radius 2 is 1.50 bits per heavy atom. The highest BCUT2D eigenvalue weighted by Gasteiger charge is 2.30. The zero-order valence-corrected chi connectivity index (χ0v) is 46.5. The van der Waals surface area contributed by atoms with Crippen molar-refractivity contribution < 1.29 is 59.4 Å². The van der Waals surface area contributed by atoms with Crippen LogP contribution in [-0.2, 0) is 38.8 Å². The number of carbonyl (C=O) groups excluding carboxylic acids is 2. The van der Waals surface area contributed by atoms with Gasteiger partial charge in [0.2, 0.25) is 0 Å². The first-order chi connectivity index (χ1) is 39.5. The number of nitrogens with one attached hydrogen (secondary N) is 6. The van der Waals surface area contributed by atoms with Gasteiger partial charge >= 0.3 is 6.18 Å². The van der Waals surface area contributed by atoms with E-state index < -0.39 is 46.8 Å². The molecule has 1 unspecified atom stereocenters. The van der Waals surface area contributed by atoms with Gasteiger partial charge in [0.25, 0.3) is 17.4 Å². The SMILES string of the molecule is CCS(=O)Nc1ccc(Oc2ccc(F)cc2F)c(-c2cn(C)c(=O)c3[nH]c(C(=O)NCCOCCOCCOCCNC(=O)c4ccc(NCC#Cc5cc6c(NC7CCN(C)CC7)cccc6n5CC(F)(F)F)c(OC)c4)cc23)c1. The number of ether oxygens (including phenoxy) is 5. The van der Waals surface area contributed by atoms with Crippen molar-refractivity contribution in [3.8, 4) is 40.2 Å². The highest BCUT2D eigenvalue weighted by molar-refractivity contribution is 7.86. The third-order valence-corrected chi connectivity index (χ3v) is 14.3. The molecule has 0 aliphatic carbocycles. The van der Waals surface area contributed by atoms with Crippen molar-refractivity contribution >= 4 is 61.7 Å². The van der Waals surface area contributed by atoms with Crippen molar-refractivity contribution in [3.63, 3.8) is 0 Å². The molecule has 7 aromatic rings. The molecule has 4 aromatic carbocycles. The number of hydrogen-bond donors (Lipinski definition) is 6. The topological polar surface area (TPSA) is 203 Å². The molecule has 24 heteroatoms. The molecular formula is C58H64F5N9O9S.